The van der Waals surface area contributed by atoms with E-state index in [2.05, 4.69) is 0 Å². The van der Waals surface area contributed by atoms with Gasteiger partial charge in [0, 0.05) is 18.3 Å². The number of carbonyl (C=O) groups excluding carboxylic acids is 1. The number of anilines is 1. The van der Waals surface area contributed by atoms with E-state index in [0.717, 1.165) is 22.0 Å². The van der Waals surface area contributed by atoms with E-state index in [9.17, 15) is 4.79 Å². The van der Waals surface area contributed by atoms with Crippen LogP contribution in [0.2, 0.25) is 0 Å². The van der Waals surface area contributed by atoms with Gasteiger partial charge in [0.2, 0.25) is 0 Å². The molecule has 5 heteroatoms. The van der Waals surface area contributed by atoms with Crippen LogP contribution < -0.4 is 10.2 Å². The van der Waals surface area contributed by atoms with Gasteiger partial charge in [0.25, 0.3) is 0 Å². The van der Waals surface area contributed by atoms with Gasteiger partial charge in [-0.15, -0.1) is 0 Å². The van der Waals surface area contributed by atoms with E-state index in [-0.39, 0.29) is 0 Å². The number of amides is 1. The summed E-state index contributed by atoms with van der Waals surface area (Å²) in [6, 6.07) is 5.50. The second kappa shape index (κ2) is 6.47. The van der Waals surface area contributed by atoms with Gasteiger partial charge in [0.05, 0.1) is 12.3 Å². The van der Waals surface area contributed by atoms with Crippen LogP contribution in [0.25, 0.3) is 0 Å². The van der Waals surface area contributed by atoms with Crippen LogP contribution in [0.4, 0.5) is 10.5 Å². The largest absolute Gasteiger partial charge is 0.448 e. The Kier molecular flexibility index (Phi) is 5.25. The third-order valence-corrected chi connectivity index (χ3v) is 2.62. The number of nitrogens with zero attached hydrogens (tertiary/aromatic N) is 1. The standard InChI is InChI=1S/C12H17ClN2O2/c1-3-6-17-12(16)15(13)11-5-4-10(8-14)7-9(11)2/h4-5,7H,3,6,8,14H2,1-2H3. The smallest absolute Gasteiger partial charge is 0.429 e. The third-order valence-electron chi connectivity index (χ3n) is 2.30. The van der Waals surface area contributed by atoms with Crippen LogP contribution in [0.1, 0.15) is 24.5 Å². The molecule has 0 unspecified atom stereocenters. The Labute approximate surface area is 106 Å². The van der Waals surface area contributed by atoms with Crippen LogP contribution in [-0.2, 0) is 11.3 Å². The van der Waals surface area contributed by atoms with Crippen LogP contribution >= 0.6 is 11.8 Å². The number of benzene rings is 1. The van der Waals surface area contributed by atoms with Crippen molar-refractivity contribution in [3.8, 4) is 0 Å². The number of hydrogen-bond donors (Lipinski definition) is 1. The second-order valence-corrected chi connectivity index (χ2v) is 4.06. The first kappa shape index (κ1) is 13.8. The fraction of sp³-hybridized carbons (Fsp3) is 0.417. The molecule has 1 aromatic carbocycles. The summed E-state index contributed by atoms with van der Waals surface area (Å²) in [4.78, 5) is 11.6. The molecule has 0 aliphatic carbocycles. The Hall–Kier alpha value is -1.26. The van der Waals surface area contributed by atoms with Crippen molar-refractivity contribution in [2.45, 2.75) is 26.8 Å². The quantitative estimate of drug-likeness (QED) is 0.843. The van der Waals surface area contributed by atoms with Crippen molar-refractivity contribution in [2.24, 2.45) is 5.73 Å². The lowest BCUT2D eigenvalue weighted by molar-refractivity contribution is 0.158. The average Bonchev–Trinajstić information content (AvgIpc) is 2.34. The summed E-state index contributed by atoms with van der Waals surface area (Å²) in [7, 11) is 0. The molecule has 0 spiro atoms. The summed E-state index contributed by atoms with van der Waals surface area (Å²) in [6.45, 7) is 4.62. The van der Waals surface area contributed by atoms with Crippen molar-refractivity contribution in [1.82, 2.24) is 0 Å². The molecular weight excluding hydrogens is 240 g/mol. The van der Waals surface area contributed by atoms with Gasteiger partial charge in [-0.05, 0) is 30.5 Å². The van der Waals surface area contributed by atoms with Crippen LogP contribution in [0.5, 0.6) is 0 Å². The highest BCUT2D eigenvalue weighted by atomic mass is 35.5. The van der Waals surface area contributed by atoms with E-state index in [1.54, 1.807) is 6.07 Å². The number of halogens is 1. The van der Waals surface area contributed by atoms with Gasteiger partial charge in [0.1, 0.15) is 0 Å². The first-order valence-electron chi connectivity index (χ1n) is 5.52. The van der Waals surface area contributed by atoms with Crippen LogP contribution in [0.3, 0.4) is 0 Å². The first-order chi connectivity index (χ1) is 8.10. The highest BCUT2D eigenvalue weighted by Crippen LogP contribution is 2.23. The summed E-state index contributed by atoms with van der Waals surface area (Å²) in [5.74, 6) is 0. The molecule has 0 fully saturated rings. The lowest BCUT2D eigenvalue weighted by Crippen LogP contribution is -2.23. The van der Waals surface area contributed by atoms with Crippen molar-refractivity contribution in [3.63, 3.8) is 0 Å². The predicted octanol–water partition coefficient (Wildman–Crippen LogP) is 2.96. The van der Waals surface area contributed by atoms with E-state index in [0.29, 0.717) is 18.8 Å². The van der Waals surface area contributed by atoms with E-state index >= 15 is 0 Å². The van der Waals surface area contributed by atoms with Gasteiger partial charge in [-0.25, -0.2) is 4.79 Å². The molecular formula is C12H17ClN2O2. The Bertz CT molecular complexity index is 396. The number of aryl methyl sites for hydroxylation is 1. The molecule has 0 aliphatic rings. The summed E-state index contributed by atoms with van der Waals surface area (Å²) in [5, 5.41) is 0. The molecule has 17 heavy (non-hydrogen) atoms. The van der Waals surface area contributed by atoms with Crippen molar-refractivity contribution in [1.29, 1.82) is 0 Å². The molecule has 1 rings (SSSR count). The highest BCUT2D eigenvalue weighted by molar-refractivity contribution is 6.35. The van der Waals surface area contributed by atoms with Crippen molar-refractivity contribution in [2.75, 3.05) is 11.0 Å². The van der Waals surface area contributed by atoms with E-state index in [1.807, 2.05) is 26.0 Å². The lowest BCUT2D eigenvalue weighted by atomic mass is 10.1. The van der Waals surface area contributed by atoms with Crippen molar-refractivity contribution in [3.05, 3.63) is 29.3 Å². The predicted molar refractivity (Wildman–Crippen MR) is 69.0 cm³/mol. The fourth-order valence-electron chi connectivity index (χ4n) is 1.41. The molecule has 4 nitrogen and oxygen atoms in total. The molecule has 0 aromatic heterocycles. The van der Waals surface area contributed by atoms with E-state index < -0.39 is 6.09 Å². The summed E-state index contributed by atoms with van der Waals surface area (Å²) >= 11 is 5.92. The number of rotatable bonds is 4. The maximum Gasteiger partial charge on any atom is 0.429 e. The van der Waals surface area contributed by atoms with Gasteiger partial charge in [-0.3, -0.25) is 0 Å². The zero-order valence-corrected chi connectivity index (χ0v) is 10.8. The van der Waals surface area contributed by atoms with Gasteiger partial charge in [0.15, 0.2) is 0 Å². The summed E-state index contributed by atoms with van der Waals surface area (Å²) < 4.78 is 5.94. The molecule has 1 aromatic rings. The summed E-state index contributed by atoms with van der Waals surface area (Å²) in [5.41, 5.74) is 8.03. The molecule has 0 radical (unpaired) electrons. The zero-order valence-electron chi connectivity index (χ0n) is 10.1. The van der Waals surface area contributed by atoms with Crippen LogP contribution in [0.15, 0.2) is 18.2 Å². The van der Waals surface area contributed by atoms with Crippen molar-refractivity contribution >= 4 is 23.6 Å². The molecule has 0 aliphatic heterocycles. The Morgan fingerprint density at radius 3 is 2.76 bits per heavy atom. The van der Waals surface area contributed by atoms with E-state index in [4.69, 9.17) is 22.2 Å². The number of nitrogens with two attached hydrogens (primary N) is 1. The number of carbonyl (C=O) groups is 1. The SMILES string of the molecule is CCCOC(=O)N(Cl)c1ccc(CN)cc1C. The average molecular weight is 257 g/mol. The molecule has 0 saturated carbocycles. The second-order valence-electron chi connectivity index (χ2n) is 3.72. The third kappa shape index (κ3) is 3.61. The van der Waals surface area contributed by atoms with Crippen LogP contribution in [0, 0.1) is 6.92 Å². The van der Waals surface area contributed by atoms with Gasteiger partial charge in [-0.1, -0.05) is 19.1 Å². The maximum absolute atomic E-state index is 11.6. The monoisotopic (exact) mass is 256 g/mol. The number of ether oxygens (including phenoxy) is 1. The molecule has 94 valence electrons. The molecule has 0 bridgehead atoms. The molecule has 1 amide bonds. The lowest BCUT2D eigenvalue weighted by Gasteiger charge is -2.16. The Balaban J connectivity index is 2.81. The van der Waals surface area contributed by atoms with Crippen molar-refractivity contribution < 1.29 is 9.53 Å². The highest BCUT2D eigenvalue weighted by Gasteiger charge is 2.16. The Morgan fingerprint density at radius 2 is 2.24 bits per heavy atom. The van der Waals surface area contributed by atoms with Gasteiger partial charge in [-0.2, -0.15) is 4.42 Å². The summed E-state index contributed by atoms with van der Waals surface area (Å²) in [6.07, 6.45) is 0.207. The minimum Gasteiger partial charge on any atom is -0.448 e. The topological polar surface area (TPSA) is 55.6 Å². The number of hydrogen-bond acceptors (Lipinski definition) is 3. The molecule has 0 saturated heterocycles. The zero-order chi connectivity index (χ0) is 12.8. The van der Waals surface area contributed by atoms with E-state index in [1.165, 1.54) is 0 Å². The normalized spacial score (nSPS) is 10.1. The Morgan fingerprint density at radius 1 is 1.53 bits per heavy atom. The van der Waals surface area contributed by atoms with Crippen LogP contribution in [-0.4, -0.2) is 12.7 Å². The molecule has 0 heterocycles. The van der Waals surface area contributed by atoms with Gasteiger partial charge < -0.3 is 10.5 Å². The maximum atomic E-state index is 11.6. The molecule has 2 N–H and O–H groups in total. The fourth-order valence-corrected chi connectivity index (χ4v) is 1.65. The minimum atomic E-state index is -0.558. The first-order valence-corrected chi connectivity index (χ1v) is 5.86. The van der Waals surface area contributed by atoms with Gasteiger partial charge >= 0.3 is 6.09 Å². The minimum absolute atomic E-state index is 0.363. The molecule has 0 atom stereocenters.